The molecule has 1 heterocycles. The minimum absolute atomic E-state index is 0.00811. The Balaban J connectivity index is 1.80. The Bertz CT molecular complexity index is 924. The van der Waals surface area contributed by atoms with Crippen molar-refractivity contribution < 1.29 is 9.21 Å². The van der Waals surface area contributed by atoms with Gasteiger partial charge >= 0.3 is 0 Å². The number of halogens is 2. The summed E-state index contributed by atoms with van der Waals surface area (Å²) in [5.41, 5.74) is 2.05. The van der Waals surface area contributed by atoms with Crippen LogP contribution in [0.15, 0.2) is 46.9 Å². The molecule has 1 N–H and O–H groups in total. The largest absolute Gasteiger partial charge is 0.418 e. The maximum atomic E-state index is 11.5. The second-order valence-corrected chi connectivity index (χ2v) is 6.42. The van der Waals surface area contributed by atoms with Crippen LogP contribution >= 0.6 is 23.2 Å². The molecule has 0 aliphatic rings. The normalized spacial score (nSPS) is 12.0. The number of anilines is 1. The first-order valence-electron chi connectivity index (χ1n) is 7.60. The summed E-state index contributed by atoms with van der Waals surface area (Å²) in [5, 5.41) is 12.3. The number of nitrogens with one attached hydrogen (secondary N) is 1. The Morgan fingerprint density at radius 2 is 1.96 bits per heavy atom. The van der Waals surface area contributed by atoms with E-state index >= 15 is 0 Å². The van der Waals surface area contributed by atoms with E-state index in [2.05, 4.69) is 15.5 Å². The average molecular weight is 376 g/mol. The molecule has 0 fully saturated rings. The fourth-order valence-electron chi connectivity index (χ4n) is 2.32. The summed E-state index contributed by atoms with van der Waals surface area (Å²) in [7, 11) is 0. The van der Waals surface area contributed by atoms with Crippen LogP contribution in [0.5, 0.6) is 0 Å². The molecule has 25 heavy (non-hydrogen) atoms. The molecule has 0 unspecified atom stereocenters. The van der Waals surface area contributed by atoms with Crippen LogP contribution in [0, 0.1) is 0 Å². The van der Waals surface area contributed by atoms with Gasteiger partial charge in [0, 0.05) is 16.3 Å². The fraction of sp³-hybridized carbons (Fsp3) is 0.167. The van der Waals surface area contributed by atoms with Gasteiger partial charge in [-0.2, -0.15) is 0 Å². The molecule has 5 nitrogen and oxygen atoms in total. The van der Waals surface area contributed by atoms with Gasteiger partial charge in [0.05, 0.1) is 10.6 Å². The molecule has 3 aromatic rings. The van der Waals surface area contributed by atoms with E-state index in [0.29, 0.717) is 33.0 Å². The standard InChI is InChI=1S/C18H15Cl2N3O2/c1-10(21-14-5-3-4-12(8-14)11(2)24)17-22-23-18(25-17)15-7-6-13(19)9-16(15)20/h3-10,21H,1-2H3/t10-/m0/s1. The van der Waals surface area contributed by atoms with Crippen LogP contribution in [0.25, 0.3) is 11.5 Å². The monoisotopic (exact) mass is 375 g/mol. The molecule has 7 heteroatoms. The summed E-state index contributed by atoms with van der Waals surface area (Å²) in [4.78, 5) is 11.5. The van der Waals surface area contributed by atoms with E-state index in [1.807, 2.05) is 19.1 Å². The highest BCUT2D eigenvalue weighted by Gasteiger charge is 2.17. The molecule has 0 aliphatic heterocycles. The smallest absolute Gasteiger partial charge is 0.249 e. The molecule has 0 saturated heterocycles. The third-order valence-corrected chi connectivity index (χ3v) is 4.17. The van der Waals surface area contributed by atoms with Gasteiger partial charge in [-0.05, 0) is 44.2 Å². The predicted octanol–water partition coefficient (Wildman–Crippen LogP) is 5.42. The number of hydrogen-bond donors (Lipinski definition) is 1. The number of Topliss-reactive ketones (excluding diaryl/α,β-unsaturated/α-hetero) is 1. The van der Waals surface area contributed by atoms with Crippen molar-refractivity contribution in [2.45, 2.75) is 19.9 Å². The molecule has 0 aliphatic carbocycles. The van der Waals surface area contributed by atoms with Crippen molar-refractivity contribution >= 4 is 34.7 Å². The Kier molecular flexibility index (Phi) is 5.06. The van der Waals surface area contributed by atoms with Crippen LogP contribution in [0.2, 0.25) is 10.0 Å². The van der Waals surface area contributed by atoms with Crippen LogP contribution in [-0.2, 0) is 0 Å². The zero-order valence-corrected chi connectivity index (χ0v) is 15.1. The number of aromatic nitrogens is 2. The van der Waals surface area contributed by atoms with Gasteiger partial charge < -0.3 is 9.73 Å². The first-order chi connectivity index (χ1) is 11.9. The van der Waals surface area contributed by atoms with E-state index in [1.54, 1.807) is 30.3 Å². The topological polar surface area (TPSA) is 68.0 Å². The molecular formula is C18H15Cl2N3O2. The zero-order valence-electron chi connectivity index (χ0n) is 13.6. The number of nitrogens with zero attached hydrogens (tertiary/aromatic N) is 2. The van der Waals surface area contributed by atoms with Crippen LogP contribution in [0.1, 0.15) is 36.1 Å². The van der Waals surface area contributed by atoms with Crippen molar-refractivity contribution in [1.29, 1.82) is 0 Å². The fourth-order valence-corrected chi connectivity index (χ4v) is 2.81. The van der Waals surface area contributed by atoms with Crippen molar-refractivity contribution in [1.82, 2.24) is 10.2 Å². The number of carbonyl (C=O) groups is 1. The van der Waals surface area contributed by atoms with Crippen molar-refractivity contribution in [3.63, 3.8) is 0 Å². The third kappa shape index (κ3) is 4.00. The van der Waals surface area contributed by atoms with Crippen molar-refractivity contribution in [2.75, 3.05) is 5.32 Å². The number of benzene rings is 2. The predicted molar refractivity (Wildman–Crippen MR) is 98.2 cm³/mol. The quantitative estimate of drug-likeness (QED) is 0.603. The first kappa shape index (κ1) is 17.5. The summed E-state index contributed by atoms with van der Waals surface area (Å²) in [6.45, 7) is 3.42. The Hall–Kier alpha value is -2.37. The maximum Gasteiger partial charge on any atom is 0.249 e. The first-order valence-corrected chi connectivity index (χ1v) is 8.36. The van der Waals surface area contributed by atoms with Gasteiger partial charge in [0.1, 0.15) is 6.04 Å². The van der Waals surface area contributed by atoms with Crippen LogP contribution in [0.4, 0.5) is 5.69 Å². The molecule has 1 aromatic heterocycles. The Labute approximate surface area is 155 Å². The molecule has 0 spiro atoms. The number of ketones is 1. The highest BCUT2D eigenvalue weighted by molar-refractivity contribution is 6.36. The van der Waals surface area contributed by atoms with E-state index in [0.717, 1.165) is 5.69 Å². The molecule has 0 amide bonds. The average Bonchev–Trinajstić information content (AvgIpc) is 3.05. The molecule has 2 aromatic carbocycles. The molecule has 0 radical (unpaired) electrons. The lowest BCUT2D eigenvalue weighted by molar-refractivity contribution is 0.101. The van der Waals surface area contributed by atoms with Gasteiger partial charge in [0.25, 0.3) is 0 Å². The highest BCUT2D eigenvalue weighted by Crippen LogP contribution is 2.30. The lowest BCUT2D eigenvalue weighted by atomic mass is 10.1. The lowest BCUT2D eigenvalue weighted by Crippen LogP contribution is -2.07. The van der Waals surface area contributed by atoms with Crippen LogP contribution in [-0.4, -0.2) is 16.0 Å². The van der Waals surface area contributed by atoms with Crippen molar-refractivity contribution in [2.24, 2.45) is 0 Å². The highest BCUT2D eigenvalue weighted by atomic mass is 35.5. The van der Waals surface area contributed by atoms with E-state index in [9.17, 15) is 4.79 Å². The second-order valence-electron chi connectivity index (χ2n) is 5.57. The molecule has 0 saturated carbocycles. The minimum Gasteiger partial charge on any atom is -0.418 e. The number of hydrogen-bond acceptors (Lipinski definition) is 5. The van der Waals surface area contributed by atoms with E-state index in [4.69, 9.17) is 27.6 Å². The summed E-state index contributed by atoms with van der Waals surface area (Å²) in [6.07, 6.45) is 0. The van der Waals surface area contributed by atoms with Gasteiger partial charge in [-0.1, -0.05) is 35.3 Å². The van der Waals surface area contributed by atoms with Gasteiger partial charge in [0.2, 0.25) is 11.8 Å². The van der Waals surface area contributed by atoms with Crippen LogP contribution < -0.4 is 5.32 Å². The van der Waals surface area contributed by atoms with Crippen molar-refractivity contribution in [3.8, 4) is 11.5 Å². The minimum atomic E-state index is -0.241. The summed E-state index contributed by atoms with van der Waals surface area (Å²) >= 11 is 12.1. The summed E-state index contributed by atoms with van der Waals surface area (Å²) in [5.74, 6) is 0.741. The SMILES string of the molecule is CC(=O)c1cccc(N[C@@H](C)c2nnc(-c3ccc(Cl)cc3Cl)o2)c1. The third-order valence-electron chi connectivity index (χ3n) is 3.62. The lowest BCUT2D eigenvalue weighted by Gasteiger charge is -2.12. The molecular weight excluding hydrogens is 361 g/mol. The Morgan fingerprint density at radius 1 is 1.16 bits per heavy atom. The molecule has 3 rings (SSSR count). The second kappa shape index (κ2) is 7.25. The summed E-state index contributed by atoms with van der Waals surface area (Å²) < 4.78 is 5.72. The zero-order chi connectivity index (χ0) is 18.0. The molecule has 128 valence electrons. The van der Waals surface area contributed by atoms with Gasteiger partial charge in [-0.25, -0.2) is 0 Å². The number of rotatable bonds is 5. The maximum absolute atomic E-state index is 11.5. The Morgan fingerprint density at radius 3 is 2.68 bits per heavy atom. The summed E-state index contributed by atoms with van der Waals surface area (Å²) in [6, 6.07) is 12.1. The van der Waals surface area contributed by atoms with Crippen molar-refractivity contribution in [3.05, 3.63) is 64.0 Å². The van der Waals surface area contributed by atoms with Crippen LogP contribution in [0.3, 0.4) is 0 Å². The van der Waals surface area contributed by atoms with Gasteiger partial charge in [-0.15, -0.1) is 10.2 Å². The number of carbonyl (C=O) groups excluding carboxylic acids is 1. The van der Waals surface area contributed by atoms with Gasteiger partial charge in [-0.3, -0.25) is 4.79 Å². The molecule has 0 bridgehead atoms. The van der Waals surface area contributed by atoms with E-state index in [1.165, 1.54) is 6.92 Å². The van der Waals surface area contributed by atoms with E-state index in [-0.39, 0.29) is 11.8 Å². The van der Waals surface area contributed by atoms with E-state index < -0.39 is 0 Å². The van der Waals surface area contributed by atoms with Gasteiger partial charge in [0.15, 0.2) is 5.78 Å². The molecule has 1 atom stereocenters.